The molecule has 0 aromatic rings. The standard InChI is InChI=1S/C16H23BF2N2O3S/c1-15(2)9-6-10(15)13-16(3,7-9)24-17(23-13)11(4-5-20)21-12(22)8-25-14(18)19/h9-11,13-14H,4,6-8H2,1-3H3,(H,21,22)/t9-,10+,11-,13?,16+/m1/s1. The van der Waals surface area contributed by atoms with Crippen molar-refractivity contribution in [3.63, 3.8) is 0 Å². The maximum Gasteiger partial charge on any atom is 0.482 e. The summed E-state index contributed by atoms with van der Waals surface area (Å²) in [6.45, 7) is 6.53. The molecule has 0 radical (unpaired) electrons. The Balaban J connectivity index is 1.66. The van der Waals surface area contributed by atoms with Gasteiger partial charge in [0.05, 0.1) is 35.9 Å². The predicted octanol–water partition coefficient (Wildman–Crippen LogP) is 2.61. The van der Waals surface area contributed by atoms with Crippen LogP contribution in [0, 0.1) is 28.6 Å². The molecular weight excluding hydrogens is 349 g/mol. The van der Waals surface area contributed by atoms with Gasteiger partial charge >= 0.3 is 7.12 Å². The maximum absolute atomic E-state index is 12.2. The number of amides is 1. The van der Waals surface area contributed by atoms with Crippen LogP contribution in [0.5, 0.6) is 0 Å². The van der Waals surface area contributed by atoms with Crippen LogP contribution < -0.4 is 5.32 Å². The van der Waals surface area contributed by atoms with Crippen LogP contribution in [0.3, 0.4) is 0 Å². The average Bonchev–Trinajstić information content (AvgIpc) is 2.89. The van der Waals surface area contributed by atoms with Crippen molar-refractivity contribution in [3.05, 3.63) is 0 Å². The highest BCUT2D eigenvalue weighted by Crippen LogP contribution is 2.64. The van der Waals surface area contributed by atoms with Gasteiger partial charge < -0.3 is 14.6 Å². The summed E-state index contributed by atoms with van der Waals surface area (Å²) in [6.07, 6.45) is 1.96. The van der Waals surface area contributed by atoms with Gasteiger partial charge in [0.1, 0.15) is 0 Å². The number of hydrogen-bond acceptors (Lipinski definition) is 5. The minimum absolute atomic E-state index is 0.00996. The van der Waals surface area contributed by atoms with E-state index >= 15 is 0 Å². The molecule has 4 fully saturated rings. The fourth-order valence-corrected chi connectivity index (χ4v) is 4.98. The molecule has 5 nitrogen and oxygen atoms in total. The molecule has 1 aliphatic heterocycles. The van der Waals surface area contributed by atoms with Crippen molar-refractivity contribution in [2.24, 2.45) is 17.3 Å². The van der Waals surface area contributed by atoms with E-state index in [-0.39, 0.29) is 35.5 Å². The molecule has 4 aliphatic rings. The van der Waals surface area contributed by atoms with Gasteiger partial charge in [-0.1, -0.05) is 25.6 Å². The van der Waals surface area contributed by atoms with Crippen molar-refractivity contribution in [2.45, 2.75) is 63.4 Å². The minimum Gasteiger partial charge on any atom is -0.404 e. The summed E-state index contributed by atoms with van der Waals surface area (Å²) in [7, 11) is -0.717. The smallest absolute Gasteiger partial charge is 0.404 e. The summed E-state index contributed by atoms with van der Waals surface area (Å²) in [5.41, 5.74) is -0.200. The van der Waals surface area contributed by atoms with E-state index in [0.29, 0.717) is 11.8 Å². The van der Waals surface area contributed by atoms with Crippen LogP contribution in [0.2, 0.25) is 0 Å². The second kappa shape index (κ2) is 6.71. The number of carbonyl (C=O) groups excluding carboxylic acids is 1. The number of nitrogens with zero attached hydrogens (tertiary/aromatic N) is 1. The molecule has 3 saturated carbocycles. The first-order chi connectivity index (χ1) is 11.7. The zero-order chi connectivity index (χ0) is 18.4. The molecule has 1 unspecified atom stereocenters. The molecule has 138 valence electrons. The first-order valence-electron chi connectivity index (χ1n) is 8.56. The van der Waals surface area contributed by atoms with Crippen LogP contribution in [0.15, 0.2) is 0 Å². The van der Waals surface area contributed by atoms with E-state index in [1.807, 2.05) is 13.0 Å². The van der Waals surface area contributed by atoms with Crippen LogP contribution in [-0.2, 0) is 14.1 Å². The summed E-state index contributed by atoms with van der Waals surface area (Å²) in [5.74, 6) is -3.16. The van der Waals surface area contributed by atoms with E-state index in [9.17, 15) is 13.6 Å². The minimum atomic E-state index is -2.60. The molecule has 4 rings (SSSR count). The average molecular weight is 372 g/mol. The lowest BCUT2D eigenvalue weighted by molar-refractivity contribution is -0.185. The largest absolute Gasteiger partial charge is 0.482 e. The third-order valence-corrected chi connectivity index (χ3v) is 6.84. The van der Waals surface area contributed by atoms with Crippen molar-refractivity contribution in [1.82, 2.24) is 5.32 Å². The highest BCUT2D eigenvalue weighted by Gasteiger charge is 2.67. The number of hydrogen-bond donors (Lipinski definition) is 1. The Labute approximate surface area is 151 Å². The maximum atomic E-state index is 12.2. The third kappa shape index (κ3) is 3.41. The third-order valence-electron chi connectivity index (χ3n) is 6.16. The fraction of sp³-hybridized carbons (Fsp3) is 0.875. The van der Waals surface area contributed by atoms with Crippen molar-refractivity contribution in [3.8, 4) is 6.07 Å². The Morgan fingerprint density at radius 1 is 1.48 bits per heavy atom. The Morgan fingerprint density at radius 2 is 2.20 bits per heavy atom. The summed E-state index contributed by atoms with van der Waals surface area (Å²) in [5, 5.41) is 11.7. The molecule has 1 heterocycles. The van der Waals surface area contributed by atoms with Crippen molar-refractivity contribution in [1.29, 1.82) is 5.26 Å². The van der Waals surface area contributed by atoms with E-state index in [1.54, 1.807) is 0 Å². The Kier molecular flexibility index (Phi) is 5.08. The molecule has 0 spiro atoms. The van der Waals surface area contributed by atoms with Crippen LogP contribution in [0.25, 0.3) is 0 Å². The summed E-state index contributed by atoms with van der Waals surface area (Å²) < 4.78 is 36.8. The number of nitrogens with one attached hydrogen (secondary N) is 1. The van der Waals surface area contributed by atoms with E-state index in [0.717, 1.165) is 12.8 Å². The first-order valence-corrected chi connectivity index (χ1v) is 9.61. The summed E-state index contributed by atoms with van der Waals surface area (Å²) in [6, 6.07) is 2.02. The zero-order valence-corrected chi connectivity index (χ0v) is 15.4. The second-order valence-electron chi connectivity index (χ2n) is 8.03. The predicted molar refractivity (Wildman–Crippen MR) is 90.7 cm³/mol. The molecule has 9 heteroatoms. The van der Waals surface area contributed by atoms with Gasteiger partial charge in [-0.2, -0.15) is 14.0 Å². The molecular formula is C16H23BF2N2O3S. The van der Waals surface area contributed by atoms with Crippen molar-refractivity contribution in [2.75, 3.05) is 5.75 Å². The molecule has 25 heavy (non-hydrogen) atoms. The Hall–Kier alpha value is -0.845. The van der Waals surface area contributed by atoms with Crippen molar-refractivity contribution >= 4 is 24.8 Å². The second-order valence-corrected chi connectivity index (χ2v) is 9.01. The van der Waals surface area contributed by atoms with Gasteiger partial charge in [-0.15, -0.1) is 0 Å². The monoisotopic (exact) mass is 372 g/mol. The van der Waals surface area contributed by atoms with Gasteiger partial charge in [0.15, 0.2) is 0 Å². The number of alkyl halides is 2. The normalized spacial score (nSPS) is 36.4. The topological polar surface area (TPSA) is 71.3 Å². The number of thioether (sulfide) groups is 1. The lowest BCUT2D eigenvalue weighted by atomic mass is 9.45. The lowest BCUT2D eigenvalue weighted by Gasteiger charge is -2.63. The molecule has 1 saturated heterocycles. The quantitative estimate of drug-likeness (QED) is 0.726. The lowest BCUT2D eigenvalue weighted by Crippen LogP contribution is -2.63. The van der Waals surface area contributed by atoms with Gasteiger partial charge in [0.25, 0.3) is 5.76 Å². The molecule has 2 bridgehead atoms. The van der Waals surface area contributed by atoms with Gasteiger partial charge in [0.2, 0.25) is 5.91 Å². The summed E-state index contributed by atoms with van der Waals surface area (Å²) in [4.78, 5) is 11.9. The van der Waals surface area contributed by atoms with Crippen LogP contribution >= 0.6 is 11.8 Å². The number of rotatable bonds is 6. The first kappa shape index (κ1) is 18.9. The van der Waals surface area contributed by atoms with Gasteiger partial charge in [-0.05, 0) is 37.0 Å². The highest BCUT2D eigenvalue weighted by atomic mass is 32.2. The van der Waals surface area contributed by atoms with E-state index < -0.39 is 30.3 Å². The van der Waals surface area contributed by atoms with Crippen LogP contribution in [0.1, 0.15) is 40.0 Å². The molecule has 5 atom stereocenters. The molecule has 0 aromatic carbocycles. The molecule has 0 aromatic heterocycles. The Bertz CT molecular complexity index is 588. The summed E-state index contributed by atoms with van der Waals surface area (Å²) >= 11 is 0.258. The van der Waals surface area contributed by atoms with Crippen molar-refractivity contribution < 1.29 is 22.9 Å². The van der Waals surface area contributed by atoms with Gasteiger partial charge in [0, 0.05) is 0 Å². The van der Waals surface area contributed by atoms with Crippen LogP contribution in [-0.4, -0.2) is 42.2 Å². The number of halogens is 2. The van der Waals surface area contributed by atoms with E-state index in [4.69, 9.17) is 14.6 Å². The zero-order valence-electron chi connectivity index (χ0n) is 14.6. The molecule has 1 N–H and O–H groups in total. The number of carbonyl (C=O) groups is 1. The van der Waals surface area contributed by atoms with Crippen LogP contribution in [0.4, 0.5) is 8.78 Å². The molecule has 1 amide bonds. The van der Waals surface area contributed by atoms with Gasteiger partial charge in [-0.25, -0.2) is 0 Å². The Morgan fingerprint density at radius 3 is 2.80 bits per heavy atom. The highest BCUT2D eigenvalue weighted by molar-refractivity contribution is 8.00. The SMILES string of the molecule is CC1(C)[C@@H]2C[C@H]1C1OB([C@@H](CC#N)NC(=O)CSC(F)F)O[C@@]1(C)C2. The van der Waals surface area contributed by atoms with Gasteiger partial charge in [-0.3, -0.25) is 4.79 Å². The molecule has 3 aliphatic carbocycles. The van der Waals surface area contributed by atoms with E-state index in [2.05, 4.69) is 19.2 Å². The van der Waals surface area contributed by atoms with E-state index in [1.165, 1.54) is 0 Å². The fourth-order valence-electron chi connectivity index (χ4n) is 4.62. The number of nitriles is 1.